The molecule has 1 aliphatic rings. The van der Waals surface area contributed by atoms with Crippen LogP contribution in [0, 0.1) is 5.92 Å². The standard InChI is InChI=1S/C11H21N/c1-2-10(9-12)8-11-6-4-3-5-7-11/h8,11H,2-7,9,12H2,1H3. The zero-order chi connectivity index (χ0) is 8.81. The van der Waals surface area contributed by atoms with Crippen molar-refractivity contribution < 1.29 is 0 Å². The molecule has 1 rings (SSSR count). The second-order valence-electron chi connectivity index (χ2n) is 3.78. The van der Waals surface area contributed by atoms with E-state index in [0.717, 1.165) is 18.9 Å². The number of hydrogen-bond donors (Lipinski definition) is 1. The van der Waals surface area contributed by atoms with Crippen molar-refractivity contribution in [3.05, 3.63) is 11.6 Å². The van der Waals surface area contributed by atoms with Crippen LogP contribution in [0.5, 0.6) is 0 Å². The molecule has 1 aliphatic carbocycles. The van der Waals surface area contributed by atoms with Crippen molar-refractivity contribution in [2.75, 3.05) is 6.54 Å². The molecule has 70 valence electrons. The highest BCUT2D eigenvalue weighted by atomic mass is 14.5. The molecule has 0 radical (unpaired) electrons. The van der Waals surface area contributed by atoms with Crippen LogP contribution in [0.1, 0.15) is 45.4 Å². The van der Waals surface area contributed by atoms with Gasteiger partial charge in [0.15, 0.2) is 0 Å². The fourth-order valence-electron chi connectivity index (χ4n) is 1.96. The first-order valence-electron chi connectivity index (χ1n) is 5.26. The van der Waals surface area contributed by atoms with E-state index in [-0.39, 0.29) is 0 Å². The molecule has 1 saturated carbocycles. The molecule has 2 N–H and O–H groups in total. The Bertz CT molecular complexity index is 137. The summed E-state index contributed by atoms with van der Waals surface area (Å²) in [6.07, 6.45) is 10.6. The zero-order valence-electron chi connectivity index (χ0n) is 8.18. The molecule has 0 unspecified atom stereocenters. The molecule has 1 heteroatoms. The molecular formula is C11H21N. The Kier molecular flexibility index (Phi) is 4.37. The van der Waals surface area contributed by atoms with Gasteiger partial charge in [0.1, 0.15) is 0 Å². The Balaban J connectivity index is 2.39. The highest BCUT2D eigenvalue weighted by molar-refractivity contribution is 5.05. The van der Waals surface area contributed by atoms with Gasteiger partial charge in [-0.15, -0.1) is 0 Å². The molecule has 1 fully saturated rings. The first-order chi connectivity index (χ1) is 5.86. The normalized spacial score (nSPS) is 21.3. The van der Waals surface area contributed by atoms with E-state index in [2.05, 4.69) is 13.0 Å². The van der Waals surface area contributed by atoms with Crippen LogP contribution in [0.2, 0.25) is 0 Å². The fraction of sp³-hybridized carbons (Fsp3) is 0.818. The van der Waals surface area contributed by atoms with E-state index in [9.17, 15) is 0 Å². The Hall–Kier alpha value is -0.300. The molecule has 0 spiro atoms. The molecule has 0 bridgehead atoms. The average molecular weight is 167 g/mol. The van der Waals surface area contributed by atoms with Gasteiger partial charge in [-0.2, -0.15) is 0 Å². The number of nitrogens with two attached hydrogens (primary N) is 1. The van der Waals surface area contributed by atoms with Crippen LogP contribution in [-0.4, -0.2) is 6.54 Å². The smallest absolute Gasteiger partial charge is 0.0136 e. The van der Waals surface area contributed by atoms with Crippen molar-refractivity contribution >= 4 is 0 Å². The molecular weight excluding hydrogens is 146 g/mol. The Labute approximate surface area is 76.0 Å². The summed E-state index contributed by atoms with van der Waals surface area (Å²) in [5.41, 5.74) is 7.08. The lowest BCUT2D eigenvalue weighted by Gasteiger charge is -2.19. The summed E-state index contributed by atoms with van der Waals surface area (Å²) < 4.78 is 0. The van der Waals surface area contributed by atoms with Crippen molar-refractivity contribution in [1.82, 2.24) is 0 Å². The van der Waals surface area contributed by atoms with Gasteiger partial charge in [-0.05, 0) is 25.2 Å². The minimum absolute atomic E-state index is 0.757. The molecule has 0 atom stereocenters. The van der Waals surface area contributed by atoms with Crippen molar-refractivity contribution in [2.24, 2.45) is 11.7 Å². The minimum Gasteiger partial charge on any atom is -0.327 e. The first-order valence-corrected chi connectivity index (χ1v) is 5.26. The minimum atomic E-state index is 0.757. The van der Waals surface area contributed by atoms with E-state index in [1.165, 1.54) is 37.7 Å². The largest absolute Gasteiger partial charge is 0.327 e. The second-order valence-corrected chi connectivity index (χ2v) is 3.78. The van der Waals surface area contributed by atoms with Crippen molar-refractivity contribution in [3.8, 4) is 0 Å². The van der Waals surface area contributed by atoms with Crippen molar-refractivity contribution in [3.63, 3.8) is 0 Å². The average Bonchev–Trinajstić information content (AvgIpc) is 2.16. The summed E-state index contributed by atoms with van der Waals surface area (Å²) in [6, 6.07) is 0. The molecule has 0 aliphatic heterocycles. The van der Waals surface area contributed by atoms with E-state index >= 15 is 0 Å². The van der Waals surface area contributed by atoms with E-state index in [0.29, 0.717) is 0 Å². The maximum Gasteiger partial charge on any atom is 0.0136 e. The van der Waals surface area contributed by atoms with Crippen LogP contribution in [0.15, 0.2) is 11.6 Å². The van der Waals surface area contributed by atoms with Gasteiger partial charge >= 0.3 is 0 Å². The van der Waals surface area contributed by atoms with Gasteiger partial charge in [0.05, 0.1) is 0 Å². The van der Waals surface area contributed by atoms with E-state index in [1.54, 1.807) is 0 Å². The Morgan fingerprint density at radius 1 is 1.33 bits per heavy atom. The topological polar surface area (TPSA) is 26.0 Å². The highest BCUT2D eigenvalue weighted by Crippen LogP contribution is 2.25. The molecule has 0 aromatic carbocycles. The lowest BCUT2D eigenvalue weighted by molar-refractivity contribution is 0.417. The fourth-order valence-corrected chi connectivity index (χ4v) is 1.96. The number of allylic oxidation sites excluding steroid dienone is 1. The van der Waals surface area contributed by atoms with Crippen LogP contribution >= 0.6 is 0 Å². The lowest BCUT2D eigenvalue weighted by Crippen LogP contribution is -2.08. The molecule has 12 heavy (non-hydrogen) atoms. The van der Waals surface area contributed by atoms with Gasteiger partial charge < -0.3 is 5.73 Å². The Morgan fingerprint density at radius 3 is 2.50 bits per heavy atom. The van der Waals surface area contributed by atoms with E-state index in [4.69, 9.17) is 5.73 Å². The van der Waals surface area contributed by atoms with Gasteiger partial charge in [0, 0.05) is 6.54 Å². The third-order valence-corrected chi connectivity index (χ3v) is 2.84. The lowest BCUT2D eigenvalue weighted by atomic mass is 9.87. The first kappa shape index (κ1) is 9.79. The van der Waals surface area contributed by atoms with Gasteiger partial charge in [0.2, 0.25) is 0 Å². The van der Waals surface area contributed by atoms with Crippen LogP contribution in [0.4, 0.5) is 0 Å². The highest BCUT2D eigenvalue weighted by Gasteiger charge is 2.10. The third kappa shape index (κ3) is 2.98. The second kappa shape index (κ2) is 5.36. The van der Waals surface area contributed by atoms with E-state index < -0.39 is 0 Å². The molecule has 0 saturated heterocycles. The van der Waals surface area contributed by atoms with Gasteiger partial charge in [-0.3, -0.25) is 0 Å². The number of rotatable bonds is 3. The predicted octanol–water partition coefficient (Wildman–Crippen LogP) is 2.86. The summed E-state index contributed by atoms with van der Waals surface area (Å²) in [5.74, 6) is 0.845. The summed E-state index contributed by atoms with van der Waals surface area (Å²) >= 11 is 0. The monoisotopic (exact) mass is 167 g/mol. The van der Waals surface area contributed by atoms with Crippen LogP contribution < -0.4 is 5.73 Å². The van der Waals surface area contributed by atoms with Crippen LogP contribution in [0.3, 0.4) is 0 Å². The van der Waals surface area contributed by atoms with Gasteiger partial charge in [0.25, 0.3) is 0 Å². The van der Waals surface area contributed by atoms with Crippen LogP contribution in [0.25, 0.3) is 0 Å². The summed E-state index contributed by atoms with van der Waals surface area (Å²) in [4.78, 5) is 0. The summed E-state index contributed by atoms with van der Waals surface area (Å²) in [7, 11) is 0. The maximum atomic E-state index is 5.63. The zero-order valence-corrected chi connectivity index (χ0v) is 8.18. The molecule has 0 amide bonds. The van der Waals surface area contributed by atoms with Crippen molar-refractivity contribution in [1.29, 1.82) is 0 Å². The maximum absolute atomic E-state index is 5.63. The Morgan fingerprint density at radius 2 is 2.00 bits per heavy atom. The number of hydrogen-bond acceptors (Lipinski definition) is 1. The van der Waals surface area contributed by atoms with Gasteiger partial charge in [-0.25, -0.2) is 0 Å². The van der Waals surface area contributed by atoms with Gasteiger partial charge in [-0.1, -0.05) is 37.8 Å². The van der Waals surface area contributed by atoms with Crippen molar-refractivity contribution in [2.45, 2.75) is 45.4 Å². The quantitative estimate of drug-likeness (QED) is 0.643. The third-order valence-electron chi connectivity index (χ3n) is 2.84. The van der Waals surface area contributed by atoms with Crippen LogP contribution in [-0.2, 0) is 0 Å². The summed E-state index contributed by atoms with van der Waals surface area (Å²) in [6.45, 7) is 2.95. The SMILES string of the molecule is CCC(=CC1CCCCC1)CN. The van der Waals surface area contributed by atoms with E-state index in [1.807, 2.05) is 0 Å². The molecule has 0 heterocycles. The summed E-state index contributed by atoms with van der Waals surface area (Å²) in [5, 5.41) is 0. The molecule has 0 aromatic heterocycles. The predicted molar refractivity (Wildman–Crippen MR) is 54.0 cm³/mol. The molecule has 0 aromatic rings. The molecule has 1 nitrogen and oxygen atoms in total.